The number of carbonyl (C=O) groups excluding carboxylic acids is 2. The van der Waals surface area contributed by atoms with Crippen molar-refractivity contribution < 1.29 is 23.8 Å². The van der Waals surface area contributed by atoms with E-state index in [2.05, 4.69) is 5.32 Å². The van der Waals surface area contributed by atoms with Crippen LogP contribution in [0.3, 0.4) is 0 Å². The van der Waals surface area contributed by atoms with Crippen LogP contribution in [0.2, 0.25) is 0 Å². The zero-order valence-electron chi connectivity index (χ0n) is 12.5. The Labute approximate surface area is 132 Å². The average Bonchev–Trinajstić information content (AvgIpc) is 3.15. The summed E-state index contributed by atoms with van der Waals surface area (Å²) in [5.74, 6) is -0.934. The number of hydrogen-bond acceptors (Lipinski definition) is 6. The van der Waals surface area contributed by atoms with E-state index >= 15 is 0 Å². The minimum atomic E-state index is -0.576. The molecule has 1 amide bonds. The first-order chi connectivity index (χ1) is 11.2. The van der Waals surface area contributed by atoms with Gasteiger partial charge in [0.1, 0.15) is 5.70 Å². The molecule has 0 atom stereocenters. The summed E-state index contributed by atoms with van der Waals surface area (Å²) in [6, 6.07) is 7.28. The number of furan rings is 1. The highest BCUT2D eigenvalue weighted by atomic mass is 16.5. The standard InChI is InChI=1S/C16H16N2O5/c1-22-16(21)11-9-18(6-7-19)15(20)13(11)17-12-4-2-3-10-5-8-23-14(10)12/h2-5,8,17,19H,6-7,9H2,1H3. The zero-order chi connectivity index (χ0) is 16.4. The van der Waals surface area contributed by atoms with Crippen LogP contribution in [0.25, 0.3) is 11.0 Å². The van der Waals surface area contributed by atoms with Crippen molar-refractivity contribution >= 4 is 28.5 Å². The SMILES string of the molecule is COC(=O)C1=C(Nc2cccc3ccoc23)C(=O)N(CCO)C1. The largest absolute Gasteiger partial charge is 0.466 e. The van der Waals surface area contributed by atoms with E-state index < -0.39 is 5.97 Å². The van der Waals surface area contributed by atoms with Crippen LogP contribution < -0.4 is 5.32 Å². The molecule has 7 heteroatoms. The van der Waals surface area contributed by atoms with E-state index in [0.29, 0.717) is 11.3 Å². The molecule has 0 aliphatic carbocycles. The van der Waals surface area contributed by atoms with Crippen molar-refractivity contribution in [1.82, 2.24) is 4.90 Å². The number of anilines is 1. The fourth-order valence-corrected chi connectivity index (χ4v) is 2.58. The van der Waals surface area contributed by atoms with Gasteiger partial charge in [-0.25, -0.2) is 4.79 Å². The Bertz CT molecular complexity index is 793. The van der Waals surface area contributed by atoms with Crippen LogP contribution in [0, 0.1) is 0 Å². The fraction of sp³-hybridized carbons (Fsp3) is 0.250. The summed E-state index contributed by atoms with van der Waals surface area (Å²) >= 11 is 0. The van der Waals surface area contributed by atoms with Crippen LogP contribution in [0.5, 0.6) is 0 Å². The predicted octanol–water partition coefficient (Wildman–Crippen LogP) is 1.11. The normalized spacial score (nSPS) is 14.7. The number of fused-ring (bicyclic) bond motifs is 1. The predicted molar refractivity (Wildman–Crippen MR) is 82.5 cm³/mol. The quantitative estimate of drug-likeness (QED) is 0.803. The molecule has 1 aliphatic rings. The molecule has 0 unspecified atom stereocenters. The van der Waals surface area contributed by atoms with Crippen molar-refractivity contribution in [2.45, 2.75) is 0 Å². The maximum Gasteiger partial charge on any atom is 0.337 e. The minimum Gasteiger partial charge on any atom is -0.466 e. The van der Waals surface area contributed by atoms with Crippen molar-refractivity contribution in [2.24, 2.45) is 0 Å². The first kappa shape index (κ1) is 15.1. The van der Waals surface area contributed by atoms with Crippen molar-refractivity contribution in [3.05, 3.63) is 41.8 Å². The Morgan fingerprint density at radius 3 is 3.00 bits per heavy atom. The molecule has 3 rings (SSSR count). The van der Waals surface area contributed by atoms with Crippen molar-refractivity contribution in [2.75, 3.05) is 32.1 Å². The second-order valence-corrected chi connectivity index (χ2v) is 5.06. The smallest absolute Gasteiger partial charge is 0.337 e. The number of ether oxygens (including phenoxy) is 1. The van der Waals surface area contributed by atoms with E-state index in [1.165, 1.54) is 12.0 Å². The lowest BCUT2D eigenvalue weighted by atomic mass is 10.2. The molecule has 1 aromatic carbocycles. The number of benzene rings is 1. The van der Waals surface area contributed by atoms with E-state index in [1.807, 2.05) is 18.2 Å². The van der Waals surface area contributed by atoms with Crippen LogP contribution in [0.1, 0.15) is 0 Å². The second kappa shape index (κ2) is 6.13. The average molecular weight is 316 g/mol. The van der Waals surface area contributed by atoms with Gasteiger partial charge in [-0.3, -0.25) is 4.79 Å². The lowest BCUT2D eigenvalue weighted by molar-refractivity contribution is -0.136. The van der Waals surface area contributed by atoms with Gasteiger partial charge in [0.05, 0.1) is 37.8 Å². The molecule has 0 radical (unpaired) electrons. The molecule has 120 valence electrons. The number of β-amino-alcohol motifs (C(OH)–C–C–N with tert-alkyl or cyclic N) is 1. The van der Waals surface area contributed by atoms with Gasteiger partial charge in [0.15, 0.2) is 5.58 Å². The number of nitrogens with zero attached hydrogens (tertiary/aromatic N) is 1. The third kappa shape index (κ3) is 2.66. The van der Waals surface area contributed by atoms with E-state index in [-0.39, 0.29) is 36.9 Å². The number of nitrogens with one attached hydrogen (secondary N) is 1. The van der Waals surface area contributed by atoms with E-state index in [4.69, 9.17) is 14.3 Å². The molecular formula is C16H16N2O5. The van der Waals surface area contributed by atoms with Crippen LogP contribution in [-0.4, -0.2) is 48.7 Å². The summed E-state index contributed by atoms with van der Waals surface area (Å²) in [5, 5.41) is 12.9. The summed E-state index contributed by atoms with van der Waals surface area (Å²) in [5.41, 5.74) is 1.56. The summed E-state index contributed by atoms with van der Waals surface area (Å²) in [7, 11) is 1.26. The Balaban J connectivity index is 1.98. The highest BCUT2D eigenvalue weighted by Gasteiger charge is 2.34. The molecule has 0 saturated heterocycles. The molecule has 0 saturated carbocycles. The summed E-state index contributed by atoms with van der Waals surface area (Å²) in [6.45, 7) is 0.0687. The second-order valence-electron chi connectivity index (χ2n) is 5.06. The maximum absolute atomic E-state index is 12.5. The number of aliphatic hydroxyl groups excluding tert-OH is 1. The third-order valence-corrected chi connectivity index (χ3v) is 3.69. The van der Waals surface area contributed by atoms with Gasteiger partial charge in [0.25, 0.3) is 5.91 Å². The Hall–Kier alpha value is -2.80. The zero-order valence-corrected chi connectivity index (χ0v) is 12.5. The first-order valence-corrected chi connectivity index (χ1v) is 7.10. The monoisotopic (exact) mass is 316 g/mol. The van der Waals surface area contributed by atoms with E-state index in [0.717, 1.165) is 5.39 Å². The van der Waals surface area contributed by atoms with E-state index in [1.54, 1.807) is 12.3 Å². The molecule has 2 heterocycles. The third-order valence-electron chi connectivity index (χ3n) is 3.69. The van der Waals surface area contributed by atoms with Gasteiger partial charge < -0.3 is 24.5 Å². The van der Waals surface area contributed by atoms with Gasteiger partial charge in [-0.1, -0.05) is 12.1 Å². The highest BCUT2D eigenvalue weighted by Crippen LogP contribution is 2.28. The highest BCUT2D eigenvalue weighted by molar-refractivity contribution is 6.09. The molecule has 2 N–H and O–H groups in total. The number of amides is 1. The molecule has 1 aromatic heterocycles. The maximum atomic E-state index is 12.5. The summed E-state index contributed by atoms with van der Waals surface area (Å²) < 4.78 is 10.2. The number of rotatable bonds is 5. The van der Waals surface area contributed by atoms with Gasteiger partial charge in [0, 0.05) is 11.9 Å². The van der Waals surface area contributed by atoms with E-state index in [9.17, 15) is 9.59 Å². The van der Waals surface area contributed by atoms with Crippen LogP contribution in [0.4, 0.5) is 5.69 Å². The van der Waals surface area contributed by atoms with Gasteiger partial charge in [-0.15, -0.1) is 0 Å². The summed E-state index contributed by atoms with van der Waals surface area (Å²) in [6.07, 6.45) is 1.56. The van der Waals surface area contributed by atoms with Crippen molar-refractivity contribution in [1.29, 1.82) is 0 Å². The number of carbonyl (C=O) groups is 2. The minimum absolute atomic E-state index is 0.0997. The molecule has 7 nitrogen and oxygen atoms in total. The van der Waals surface area contributed by atoms with Gasteiger partial charge in [-0.05, 0) is 12.1 Å². The Morgan fingerprint density at radius 1 is 1.43 bits per heavy atom. The molecular weight excluding hydrogens is 300 g/mol. The number of aliphatic hydroxyl groups is 1. The van der Waals surface area contributed by atoms with Crippen molar-refractivity contribution in [3.63, 3.8) is 0 Å². The lowest BCUT2D eigenvalue weighted by Crippen LogP contribution is -2.31. The number of methoxy groups -OCH3 is 1. The molecule has 0 bridgehead atoms. The summed E-state index contributed by atoms with van der Waals surface area (Å²) in [4.78, 5) is 25.8. The van der Waals surface area contributed by atoms with Gasteiger partial charge >= 0.3 is 5.97 Å². The topological polar surface area (TPSA) is 92.0 Å². The first-order valence-electron chi connectivity index (χ1n) is 7.10. The Morgan fingerprint density at radius 2 is 2.26 bits per heavy atom. The van der Waals surface area contributed by atoms with Gasteiger partial charge in [0.2, 0.25) is 0 Å². The molecule has 0 fully saturated rings. The molecule has 23 heavy (non-hydrogen) atoms. The van der Waals surface area contributed by atoms with Gasteiger partial charge in [-0.2, -0.15) is 0 Å². The van der Waals surface area contributed by atoms with Crippen LogP contribution in [-0.2, 0) is 14.3 Å². The van der Waals surface area contributed by atoms with Crippen LogP contribution in [0.15, 0.2) is 46.2 Å². The fourth-order valence-electron chi connectivity index (χ4n) is 2.58. The molecule has 2 aromatic rings. The number of para-hydroxylation sites is 1. The lowest BCUT2D eigenvalue weighted by Gasteiger charge is -2.15. The van der Waals surface area contributed by atoms with Crippen molar-refractivity contribution in [3.8, 4) is 0 Å². The van der Waals surface area contributed by atoms with Crippen LogP contribution >= 0.6 is 0 Å². The number of esters is 1. The molecule has 0 spiro atoms. The Kier molecular flexibility index (Phi) is 4.03. The number of hydrogen-bond donors (Lipinski definition) is 2. The molecule has 1 aliphatic heterocycles.